The largest absolute Gasteiger partial charge is 0.349 e. The molecule has 4 nitrogen and oxygen atoms in total. The lowest BCUT2D eigenvalue weighted by Crippen LogP contribution is -2.49. The van der Waals surface area contributed by atoms with Crippen molar-refractivity contribution < 1.29 is 4.79 Å². The minimum absolute atomic E-state index is 0.0846. The molecule has 24 heavy (non-hydrogen) atoms. The van der Waals surface area contributed by atoms with Gasteiger partial charge in [0.15, 0.2) is 0 Å². The van der Waals surface area contributed by atoms with Crippen LogP contribution < -0.4 is 5.32 Å². The summed E-state index contributed by atoms with van der Waals surface area (Å²) in [5.41, 5.74) is 3.60. The standard InChI is InChI=1S/C19H25N3OS/c1-3-7-18-21-16(13-24-18)11-20-19(23)17-10-14-8-5-6-9-15(14)12-22(17)4-2/h5-6,8-9,13,17H,3-4,7,10-12H2,1-2H3,(H,20,23)/t17-/m1/s1. The summed E-state index contributed by atoms with van der Waals surface area (Å²) in [6.45, 7) is 6.52. The summed E-state index contributed by atoms with van der Waals surface area (Å²) in [4.78, 5) is 19.5. The second-order valence-electron chi connectivity index (χ2n) is 6.25. The zero-order chi connectivity index (χ0) is 16.9. The molecule has 1 amide bonds. The van der Waals surface area contributed by atoms with Crippen LogP contribution in [0, 0.1) is 0 Å². The maximum Gasteiger partial charge on any atom is 0.238 e. The number of thiazole rings is 1. The van der Waals surface area contributed by atoms with Crippen LogP contribution in [-0.4, -0.2) is 28.4 Å². The van der Waals surface area contributed by atoms with Gasteiger partial charge in [0, 0.05) is 11.9 Å². The fourth-order valence-electron chi connectivity index (χ4n) is 3.22. The van der Waals surface area contributed by atoms with Crippen LogP contribution in [0.25, 0.3) is 0 Å². The molecule has 2 heterocycles. The van der Waals surface area contributed by atoms with Crippen LogP contribution in [0.1, 0.15) is 42.1 Å². The van der Waals surface area contributed by atoms with E-state index in [2.05, 4.69) is 58.7 Å². The van der Waals surface area contributed by atoms with Crippen molar-refractivity contribution in [1.29, 1.82) is 0 Å². The predicted octanol–water partition coefficient (Wildman–Crippen LogP) is 3.16. The van der Waals surface area contributed by atoms with Gasteiger partial charge in [-0.1, -0.05) is 38.1 Å². The van der Waals surface area contributed by atoms with E-state index in [0.717, 1.165) is 43.1 Å². The number of aryl methyl sites for hydroxylation is 1. The van der Waals surface area contributed by atoms with Gasteiger partial charge in [-0.3, -0.25) is 9.69 Å². The van der Waals surface area contributed by atoms with Gasteiger partial charge in [0.05, 0.1) is 23.3 Å². The van der Waals surface area contributed by atoms with Crippen LogP contribution in [0.4, 0.5) is 0 Å². The highest BCUT2D eigenvalue weighted by Crippen LogP contribution is 2.23. The summed E-state index contributed by atoms with van der Waals surface area (Å²) in [5.74, 6) is 0.108. The third kappa shape index (κ3) is 3.84. The molecule has 1 aliphatic rings. The monoisotopic (exact) mass is 343 g/mol. The molecule has 0 bridgehead atoms. The van der Waals surface area contributed by atoms with Crippen LogP contribution in [0.2, 0.25) is 0 Å². The third-order valence-corrected chi connectivity index (χ3v) is 5.52. The third-order valence-electron chi connectivity index (χ3n) is 4.56. The molecule has 3 rings (SSSR count). The molecular weight excluding hydrogens is 318 g/mol. The van der Waals surface area contributed by atoms with E-state index >= 15 is 0 Å². The first-order valence-electron chi connectivity index (χ1n) is 8.73. The number of hydrogen-bond acceptors (Lipinski definition) is 4. The summed E-state index contributed by atoms with van der Waals surface area (Å²) < 4.78 is 0. The average molecular weight is 343 g/mol. The smallest absolute Gasteiger partial charge is 0.238 e. The van der Waals surface area contributed by atoms with Crippen LogP contribution in [0.5, 0.6) is 0 Å². The number of carbonyl (C=O) groups is 1. The first kappa shape index (κ1) is 17.1. The molecule has 0 radical (unpaired) electrons. The Morgan fingerprint density at radius 1 is 1.33 bits per heavy atom. The molecule has 1 aliphatic heterocycles. The minimum atomic E-state index is -0.0846. The summed E-state index contributed by atoms with van der Waals surface area (Å²) in [6.07, 6.45) is 2.90. The molecule has 1 aromatic carbocycles. The fraction of sp³-hybridized carbons (Fsp3) is 0.474. The Kier molecular flexibility index (Phi) is 5.63. The quantitative estimate of drug-likeness (QED) is 0.876. The number of rotatable bonds is 6. The van der Waals surface area contributed by atoms with Crippen molar-refractivity contribution in [3.05, 3.63) is 51.5 Å². The van der Waals surface area contributed by atoms with Crippen LogP contribution in [-0.2, 0) is 30.7 Å². The molecule has 128 valence electrons. The second kappa shape index (κ2) is 7.90. The lowest BCUT2D eigenvalue weighted by molar-refractivity contribution is -0.127. The zero-order valence-electron chi connectivity index (χ0n) is 14.4. The van der Waals surface area contributed by atoms with E-state index < -0.39 is 0 Å². The van der Waals surface area contributed by atoms with Crippen molar-refractivity contribution in [3.63, 3.8) is 0 Å². The van der Waals surface area contributed by atoms with E-state index in [9.17, 15) is 4.79 Å². The Bertz CT molecular complexity index is 697. The van der Waals surface area contributed by atoms with E-state index in [-0.39, 0.29) is 11.9 Å². The Hall–Kier alpha value is -1.72. The van der Waals surface area contributed by atoms with Crippen molar-refractivity contribution in [1.82, 2.24) is 15.2 Å². The minimum Gasteiger partial charge on any atom is -0.349 e. The molecule has 0 aliphatic carbocycles. The van der Waals surface area contributed by atoms with Gasteiger partial charge in [-0.25, -0.2) is 4.98 Å². The molecule has 0 spiro atoms. The van der Waals surface area contributed by atoms with E-state index in [1.807, 2.05) is 0 Å². The number of nitrogens with one attached hydrogen (secondary N) is 1. The topological polar surface area (TPSA) is 45.2 Å². The van der Waals surface area contributed by atoms with Crippen molar-refractivity contribution in [2.45, 2.75) is 52.2 Å². The number of nitrogens with zero attached hydrogens (tertiary/aromatic N) is 2. The highest BCUT2D eigenvalue weighted by molar-refractivity contribution is 7.09. The van der Waals surface area contributed by atoms with Crippen molar-refractivity contribution in [2.24, 2.45) is 0 Å². The van der Waals surface area contributed by atoms with Gasteiger partial charge < -0.3 is 5.32 Å². The number of likely N-dealkylation sites (N-methyl/N-ethyl adjacent to an activating group) is 1. The molecule has 0 fully saturated rings. The number of hydrogen-bond donors (Lipinski definition) is 1. The summed E-state index contributed by atoms with van der Waals surface area (Å²) >= 11 is 1.68. The van der Waals surface area contributed by atoms with Gasteiger partial charge in [0.1, 0.15) is 0 Å². The van der Waals surface area contributed by atoms with E-state index in [1.54, 1.807) is 11.3 Å². The number of fused-ring (bicyclic) bond motifs is 1. The van der Waals surface area contributed by atoms with Gasteiger partial charge >= 0.3 is 0 Å². The summed E-state index contributed by atoms with van der Waals surface area (Å²) in [6, 6.07) is 8.35. The SMILES string of the molecule is CCCc1nc(CNC(=O)[C@H]2Cc3ccccc3CN2CC)cs1. The molecule has 0 unspecified atom stereocenters. The highest BCUT2D eigenvalue weighted by atomic mass is 32.1. The predicted molar refractivity (Wildman–Crippen MR) is 98.0 cm³/mol. The second-order valence-corrected chi connectivity index (χ2v) is 7.19. The van der Waals surface area contributed by atoms with Gasteiger partial charge in [0.25, 0.3) is 0 Å². The number of benzene rings is 1. The molecule has 0 saturated heterocycles. The number of amides is 1. The summed E-state index contributed by atoms with van der Waals surface area (Å²) in [7, 11) is 0. The van der Waals surface area contributed by atoms with Gasteiger partial charge in [-0.05, 0) is 36.9 Å². The van der Waals surface area contributed by atoms with Crippen molar-refractivity contribution in [3.8, 4) is 0 Å². The van der Waals surface area contributed by atoms with Crippen molar-refractivity contribution in [2.75, 3.05) is 6.54 Å². The number of aromatic nitrogens is 1. The maximum absolute atomic E-state index is 12.7. The molecule has 1 aromatic heterocycles. The molecule has 1 atom stereocenters. The first-order valence-corrected chi connectivity index (χ1v) is 9.61. The normalized spacial score (nSPS) is 17.5. The summed E-state index contributed by atoms with van der Waals surface area (Å²) in [5, 5.41) is 6.29. The number of carbonyl (C=O) groups excluding carboxylic acids is 1. The van der Waals surface area contributed by atoms with E-state index in [1.165, 1.54) is 11.1 Å². The maximum atomic E-state index is 12.7. The Balaban J connectivity index is 1.63. The lowest BCUT2D eigenvalue weighted by Gasteiger charge is -2.35. The van der Waals surface area contributed by atoms with Gasteiger partial charge in [-0.15, -0.1) is 11.3 Å². The lowest BCUT2D eigenvalue weighted by atomic mass is 9.93. The van der Waals surface area contributed by atoms with E-state index in [4.69, 9.17) is 0 Å². The molecule has 5 heteroatoms. The van der Waals surface area contributed by atoms with Crippen LogP contribution >= 0.6 is 11.3 Å². The van der Waals surface area contributed by atoms with Crippen LogP contribution in [0.15, 0.2) is 29.6 Å². The van der Waals surface area contributed by atoms with E-state index in [0.29, 0.717) is 6.54 Å². The molecule has 0 saturated carbocycles. The Morgan fingerprint density at radius 2 is 2.12 bits per heavy atom. The zero-order valence-corrected chi connectivity index (χ0v) is 15.2. The first-order chi connectivity index (χ1) is 11.7. The van der Waals surface area contributed by atoms with Gasteiger partial charge in [-0.2, -0.15) is 0 Å². The molecule has 1 N–H and O–H groups in total. The molecular formula is C19H25N3OS. The van der Waals surface area contributed by atoms with Gasteiger partial charge in [0.2, 0.25) is 5.91 Å². The fourth-order valence-corrected chi connectivity index (χ4v) is 4.12. The average Bonchev–Trinajstić information content (AvgIpc) is 3.06. The Labute approximate surface area is 147 Å². The molecule has 2 aromatic rings. The van der Waals surface area contributed by atoms with Crippen LogP contribution in [0.3, 0.4) is 0 Å². The Morgan fingerprint density at radius 3 is 2.88 bits per heavy atom. The van der Waals surface area contributed by atoms with Crippen molar-refractivity contribution >= 4 is 17.2 Å². The highest BCUT2D eigenvalue weighted by Gasteiger charge is 2.30.